The van der Waals surface area contributed by atoms with Crippen LogP contribution in [0.25, 0.3) is 0 Å². The molecule has 124 valence electrons. The Morgan fingerprint density at radius 3 is 2.62 bits per heavy atom. The van der Waals surface area contributed by atoms with Crippen LogP contribution >= 0.6 is 23.1 Å². The maximum absolute atomic E-state index is 12.5. The van der Waals surface area contributed by atoms with Crippen molar-refractivity contribution in [3.05, 3.63) is 46.8 Å². The molecule has 0 spiro atoms. The lowest BCUT2D eigenvalue weighted by molar-refractivity contribution is -0.117. The number of aromatic nitrogens is 3. The van der Waals surface area contributed by atoms with Gasteiger partial charge >= 0.3 is 0 Å². The van der Waals surface area contributed by atoms with E-state index >= 15 is 0 Å². The standard InChI is InChI=1S/C16H16N4O2S2/c1-9(14-10(2)20-22-11(14)3)15(21)18-12-4-6-13(7-5-12)24-16-19-17-8-23-16/h4-9H,1-3H3,(H,18,21)/t9-/m1/s1. The van der Waals surface area contributed by atoms with Gasteiger partial charge in [-0.1, -0.05) is 28.3 Å². The predicted octanol–water partition coefficient (Wildman–Crippen LogP) is 4.04. The Morgan fingerprint density at radius 2 is 2.04 bits per heavy atom. The Bertz CT molecular complexity index is 809. The highest BCUT2D eigenvalue weighted by Gasteiger charge is 2.22. The van der Waals surface area contributed by atoms with E-state index < -0.39 is 0 Å². The van der Waals surface area contributed by atoms with Crippen LogP contribution in [0.4, 0.5) is 5.69 Å². The lowest BCUT2D eigenvalue weighted by Crippen LogP contribution is -2.19. The highest BCUT2D eigenvalue weighted by atomic mass is 32.2. The normalized spacial score (nSPS) is 12.1. The number of aryl methyl sites for hydroxylation is 2. The van der Waals surface area contributed by atoms with E-state index in [1.807, 2.05) is 45.0 Å². The van der Waals surface area contributed by atoms with Crippen LogP contribution in [0.3, 0.4) is 0 Å². The van der Waals surface area contributed by atoms with Gasteiger partial charge in [0.2, 0.25) is 5.91 Å². The molecule has 0 saturated carbocycles. The maximum atomic E-state index is 12.5. The van der Waals surface area contributed by atoms with Crippen LogP contribution in [0.2, 0.25) is 0 Å². The van der Waals surface area contributed by atoms with Crippen LogP contribution in [-0.4, -0.2) is 21.3 Å². The molecule has 1 aromatic carbocycles. The van der Waals surface area contributed by atoms with Gasteiger partial charge < -0.3 is 9.84 Å². The number of anilines is 1. The molecular formula is C16H16N4O2S2. The summed E-state index contributed by atoms with van der Waals surface area (Å²) in [6.45, 7) is 5.51. The van der Waals surface area contributed by atoms with Gasteiger partial charge in [-0.2, -0.15) is 0 Å². The minimum atomic E-state index is -0.327. The summed E-state index contributed by atoms with van der Waals surface area (Å²) in [5.41, 5.74) is 4.04. The molecule has 8 heteroatoms. The molecule has 3 rings (SSSR count). The molecule has 0 radical (unpaired) electrons. The van der Waals surface area contributed by atoms with E-state index in [0.717, 1.165) is 26.2 Å². The quantitative estimate of drug-likeness (QED) is 0.740. The van der Waals surface area contributed by atoms with Gasteiger partial charge in [-0.15, -0.1) is 10.2 Å². The lowest BCUT2D eigenvalue weighted by atomic mass is 9.98. The van der Waals surface area contributed by atoms with Crippen molar-refractivity contribution in [3.8, 4) is 0 Å². The molecule has 2 aromatic heterocycles. The molecule has 1 amide bonds. The topological polar surface area (TPSA) is 80.9 Å². The first-order valence-corrected chi connectivity index (χ1v) is 9.02. The third kappa shape index (κ3) is 3.65. The maximum Gasteiger partial charge on any atom is 0.231 e. The van der Waals surface area contributed by atoms with Gasteiger partial charge in [-0.25, -0.2) is 0 Å². The summed E-state index contributed by atoms with van der Waals surface area (Å²) in [6.07, 6.45) is 0. The zero-order valence-corrected chi connectivity index (χ0v) is 15.1. The van der Waals surface area contributed by atoms with Gasteiger partial charge in [0.1, 0.15) is 11.3 Å². The minimum absolute atomic E-state index is 0.0890. The Hall–Kier alpha value is -2.19. The second kappa shape index (κ2) is 7.14. The molecule has 0 aliphatic heterocycles. The molecule has 0 aliphatic rings. The molecule has 0 bridgehead atoms. The largest absolute Gasteiger partial charge is 0.361 e. The SMILES string of the molecule is Cc1noc(C)c1[C@@H](C)C(=O)Nc1ccc(Sc2nncs2)cc1. The zero-order chi connectivity index (χ0) is 17.1. The number of benzene rings is 1. The van der Waals surface area contributed by atoms with Crippen LogP contribution < -0.4 is 5.32 Å². The average molecular weight is 360 g/mol. The number of nitrogens with zero attached hydrogens (tertiary/aromatic N) is 3. The van der Waals surface area contributed by atoms with Crippen molar-refractivity contribution in [2.75, 3.05) is 5.32 Å². The first kappa shape index (κ1) is 16.7. The van der Waals surface area contributed by atoms with Crippen LogP contribution in [0, 0.1) is 13.8 Å². The Labute approximate surface area is 147 Å². The van der Waals surface area contributed by atoms with E-state index in [4.69, 9.17) is 4.52 Å². The van der Waals surface area contributed by atoms with Crippen LogP contribution in [0.15, 0.2) is 43.5 Å². The summed E-state index contributed by atoms with van der Waals surface area (Å²) >= 11 is 3.04. The van der Waals surface area contributed by atoms with E-state index in [9.17, 15) is 4.79 Å². The van der Waals surface area contributed by atoms with E-state index in [1.165, 1.54) is 11.3 Å². The number of hydrogen-bond donors (Lipinski definition) is 1. The van der Waals surface area contributed by atoms with Gasteiger partial charge in [0.15, 0.2) is 4.34 Å². The second-order valence-corrected chi connectivity index (χ2v) is 7.43. The molecular weight excluding hydrogens is 344 g/mol. The highest BCUT2D eigenvalue weighted by Crippen LogP contribution is 2.30. The van der Waals surface area contributed by atoms with Gasteiger partial charge in [0.05, 0.1) is 11.6 Å². The monoisotopic (exact) mass is 360 g/mol. The summed E-state index contributed by atoms with van der Waals surface area (Å²) in [4.78, 5) is 13.5. The summed E-state index contributed by atoms with van der Waals surface area (Å²) < 4.78 is 6.03. The van der Waals surface area contributed by atoms with Crippen LogP contribution in [-0.2, 0) is 4.79 Å². The third-order valence-corrected chi connectivity index (χ3v) is 5.37. The van der Waals surface area contributed by atoms with Crippen LogP contribution in [0.1, 0.15) is 29.9 Å². The van der Waals surface area contributed by atoms with Crippen molar-refractivity contribution in [2.24, 2.45) is 0 Å². The molecule has 2 heterocycles. The number of carbonyl (C=O) groups is 1. The molecule has 1 atom stereocenters. The summed E-state index contributed by atoms with van der Waals surface area (Å²) in [7, 11) is 0. The molecule has 3 aromatic rings. The second-order valence-electron chi connectivity index (χ2n) is 5.28. The number of carbonyl (C=O) groups excluding carboxylic acids is 1. The van der Waals surface area contributed by atoms with Gasteiger partial charge in [0, 0.05) is 16.1 Å². The van der Waals surface area contributed by atoms with Crippen LogP contribution in [0.5, 0.6) is 0 Å². The fourth-order valence-electron chi connectivity index (χ4n) is 2.40. The Kier molecular flexibility index (Phi) is 4.96. The van der Waals surface area contributed by atoms with E-state index in [2.05, 4.69) is 20.7 Å². The Morgan fingerprint density at radius 1 is 1.29 bits per heavy atom. The summed E-state index contributed by atoms with van der Waals surface area (Å²) in [6, 6.07) is 7.65. The molecule has 0 unspecified atom stereocenters. The number of rotatable bonds is 5. The van der Waals surface area contributed by atoms with Crippen molar-refractivity contribution in [3.63, 3.8) is 0 Å². The van der Waals surface area contributed by atoms with Crippen molar-refractivity contribution in [2.45, 2.75) is 35.9 Å². The average Bonchev–Trinajstić information content (AvgIpc) is 3.18. The summed E-state index contributed by atoms with van der Waals surface area (Å²) in [5.74, 6) is 0.263. The van der Waals surface area contributed by atoms with Gasteiger partial charge in [-0.3, -0.25) is 4.79 Å². The first-order chi connectivity index (χ1) is 11.5. The molecule has 1 N–H and O–H groups in total. The lowest BCUT2D eigenvalue weighted by Gasteiger charge is -2.12. The number of amides is 1. The molecule has 0 fully saturated rings. The van der Waals surface area contributed by atoms with Gasteiger partial charge in [-0.05, 0) is 45.0 Å². The number of hydrogen-bond acceptors (Lipinski definition) is 7. The Balaban J connectivity index is 1.66. The predicted molar refractivity (Wildman–Crippen MR) is 93.5 cm³/mol. The van der Waals surface area contributed by atoms with E-state index in [-0.39, 0.29) is 11.8 Å². The molecule has 0 saturated heterocycles. The molecule has 6 nitrogen and oxygen atoms in total. The highest BCUT2D eigenvalue weighted by molar-refractivity contribution is 8.01. The smallest absolute Gasteiger partial charge is 0.231 e. The zero-order valence-electron chi connectivity index (χ0n) is 13.4. The van der Waals surface area contributed by atoms with E-state index in [0.29, 0.717) is 5.76 Å². The third-order valence-electron chi connectivity index (χ3n) is 3.58. The fraction of sp³-hybridized carbons (Fsp3) is 0.250. The fourth-order valence-corrected chi connectivity index (χ4v) is 3.86. The molecule has 0 aliphatic carbocycles. The minimum Gasteiger partial charge on any atom is -0.361 e. The van der Waals surface area contributed by atoms with Crippen molar-refractivity contribution in [1.29, 1.82) is 0 Å². The van der Waals surface area contributed by atoms with E-state index in [1.54, 1.807) is 17.3 Å². The molecule has 24 heavy (non-hydrogen) atoms. The van der Waals surface area contributed by atoms with Gasteiger partial charge in [0.25, 0.3) is 0 Å². The summed E-state index contributed by atoms with van der Waals surface area (Å²) in [5, 5.41) is 14.6. The first-order valence-electron chi connectivity index (χ1n) is 7.32. The number of nitrogens with one attached hydrogen (secondary N) is 1. The van der Waals surface area contributed by atoms with Crippen molar-refractivity contribution < 1.29 is 9.32 Å². The van der Waals surface area contributed by atoms with Crippen molar-refractivity contribution >= 4 is 34.7 Å². The van der Waals surface area contributed by atoms with Crippen molar-refractivity contribution in [1.82, 2.24) is 15.4 Å².